The largest absolute Gasteiger partial charge is 0.368 e. The van der Waals surface area contributed by atoms with Crippen LogP contribution in [0.25, 0.3) is 0 Å². The molecule has 0 fully saturated rings. The second kappa shape index (κ2) is 2.35. The van der Waals surface area contributed by atoms with Crippen LogP contribution < -0.4 is 11.5 Å². The lowest BCUT2D eigenvalue weighted by Gasteiger charge is -2.24. The Morgan fingerprint density at radius 3 is 1.89 bits per heavy atom. The van der Waals surface area contributed by atoms with E-state index in [0.29, 0.717) is 0 Å². The highest BCUT2D eigenvalue weighted by atomic mass is 16.1. The molecular formula is C6H14N2O. The Bertz CT molecular complexity index is 118. The summed E-state index contributed by atoms with van der Waals surface area (Å²) in [6.07, 6.45) is 0. The first-order chi connectivity index (χ1) is 3.89. The zero-order valence-electron chi connectivity index (χ0n) is 6.14. The minimum absolute atomic E-state index is 0.0926. The van der Waals surface area contributed by atoms with E-state index in [-0.39, 0.29) is 5.92 Å². The molecule has 0 radical (unpaired) electrons. The summed E-state index contributed by atoms with van der Waals surface area (Å²) in [5, 5.41) is 0. The summed E-state index contributed by atoms with van der Waals surface area (Å²) in [4.78, 5) is 10.6. The molecule has 0 aliphatic rings. The standard InChI is InChI=1S/C6H14N2O/c1-4(2)6(3,8)5(7)9/h4H,8H2,1-3H3,(H2,7,9)/t6-/m0/s1. The predicted octanol–water partition coefficient (Wildman–Crippen LogP) is -0.155. The van der Waals surface area contributed by atoms with Crippen molar-refractivity contribution in [3.63, 3.8) is 0 Å². The van der Waals surface area contributed by atoms with Gasteiger partial charge in [0, 0.05) is 0 Å². The zero-order chi connectivity index (χ0) is 7.65. The summed E-state index contributed by atoms with van der Waals surface area (Å²) in [6.45, 7) is 5.37. The van der Waals surface area contributed by atoms with Gasteiger partial charge in [0.25, 0.3) is 0 Å². The molecule has 4 N–H and O–H groups in total. The van der Waals surface area contributed by atoms with Crippen LogP contribution in [0.4, 0.5) is 0 Å². The van der Waals surface area contributed by atoms with E-state index in [4.69, 9.17) is 11.5 Å². The quantitative estimate of drug-likeness (QED) is 0.545. The van der Waals surface area contributed by atoms with Crippen LogP contribution in [0.2, 0.25) is 0 Å². The first kappa shape index (κ1) is 8.43. The smallest absolute Gasteiger partial charge is 0.237 e. The van der Waals surface area contributed by atoms with E-state index in [2.05, 4.69) is 0 Å². The molecule has 54 valence electrons. The summed E-state index contributed by atoms with van der Waals surface area (Å²) in [6, 6.07) is 0. The molecule has 0 unspecified atom stereocenters. The van der Waals surface area contributed by atoms with Gasteiger partial charge < -0.3 is 11.5 Å². The maximum absolute atomic E-state index is 10.6. The lowest BCUT2D eigenvalue weighted by Crippen LogP contribution is -2.53. The van der Waals surface area contributed by atoms with Gasteiger partial charge in [-0.25, -0.2) is 0 Å². The molecule has 0 aromatic carbocycles. The van der Waals surface area contributed by atoms with Crippen molar-refractivity contribution in [3.8, 4) is 0 Å². The van der Waals surface area contributed by atoms with Crippen LogP contribution in [0.3, 0.4) is 0 Å². The van der Waals surface area contributed by atoms with Gasteiger partial charge in [-0.1, -0.05) is 13.8 Å². The molecule has 0 bridgehead atoms. The fourth-order valence-corrected chi connectivity index (χ4v) is 0.285. The van der Waals surface area contributed by atoms with Crippen molar-refractivity contribution >= 4 is 5.91 Å². The normalized spacial score (nSPS) is 17.4. The molecule has 0 aromatic rings. The third kappa shape index (κ3) is 1.68. The maximum Gasteiger partial charge on any atom is 0.237 e. The summed E-state index contributed by atoms with van der Waals surface area (Å²) in [5.74, 6) is -0.354. The fraction of sp³-hybridized carbons (Fsp3) is 0.833. The summed E-state index contributed by atoms with van der Waals surface area (Å²) in [7, 11) is 0. The van der Waals surface area contributed by atoms with E-state index < -0.39 is 11.4 Å². The van der Waals surface area contributed by atoms with Crippen molar-refractivity contribution in [2.24, 2.45) is 17.4 Å². The second-order valence-corrected chi connectivity index (χ2v) is 2.80. The maximum atomic E-state index is 10.6. The first-order valence-corrected chi connectivity index (χ1v) is 2.97. The molecule has 9 heavy (non-hydrogen) atoms. The van der Waals surface area contributed by atoms with Crippen LogP contribution in [-0.4, -0.2) is 11.4 Å². The number of hydrogen-bond acceptors (Lipinski definition) is 2. The Kier molecular flexibility index (Phi) is 2.20. The van der Waals surface area contributed by atoms with E-state index in [1.165, 1.54) is 0 Å². The Morgan fingerprint density at radius 1 is 1.56 bits per heavy atom. The minimum atomic E-state index is -0.861. The molecule has 1 atom stereocenters. The molecule has 0 aromatic heterocycles. The Morgan fingerprint density at radius 2 is 1.89 bits per heavy atom. The highest BCUT2D eigenvalue weighted by Gasteiger charge is 2.28. The average molecular weight is 130 g/mol. The van der Waals surface area contributed by atoms with Gasteiger partial charge in [0.05, 0.1) is 5.54 Å². The summed E-state index contributed by atoms with van der Waals surface area (Å²) >= 11 is 0. The van der Waals surface area contributed by atoms with E-state index in [9.17, 15) is 4.79 Å². The molecule has 0 aliphatic carbocycles. The third-order valence-corrected chi connectivity index (χ3v) is 1.73. The highest BCUT2D eigenvalue weighted by Crippen LogP contribution is 2.10. The number of primary amides is 1. The van der Waals surface area contributed by atoms with Crippen LogP contribution in [0, 0.1) is 5.92 Å². The summed E-state index contributed by atoms with van der Waals surface area (Å²) in [5.41, 5.74) is 9.67. The van der Waals surface area contributed by atoms with Crippen molar-refractivity contribution in [1.29, 1.82) is 0 Å². The number of amides is 1. The van der Waals surface area contributed by atoms with Gasteiger partial charge in [-0.2, -0.15) is 0 Å². The Hall–Kier alpha value is -0.570. The number of carbonyl (C=O) groups excluding carboxylic acids is 1. The molecule has 0 saturated heterocycles. The SMILES string of the molecule is CC(C)[C@](C)(N)C(N)=O. The summed E-state index contributed by atoms with van der Waals surface area (Å²) < 4.78 is 0. The van der Waals surface area contributed by atoms with Crippen LogP contribution in [-0.2, 0) is 4.79 Å². The molecule has 0 spiro atoms. The van der Waals surface area contributed by atoms with Gasteiger partial charge in [0.1, 0.15) is 0 Å². The van der Waals surface area contributed by atoms with Gasteiger partial charge >= 0.3 is 0 Å². The topological polar surface area (TPSA) is 69.1 Å². The van der Waals surface area contributed by atoms with Gasteiger partial charge in [-0.05, 0) is 12.8 Å². The van der Waals surface area contributed by atoms with Crippen molar-refractivity contribution < 1.29 is 4.79 Å². The van der Waals surface area contributed by atoms with Crippen LogP contribution in [0.15, 0.2) is 0 Å². The molecule has 0 rings (SSSR count). The number of nitrogens with two attached hydrogens (primary N) is 2. The van der Waals surface area contributed by atoms with E-state index >= 15 is 0 Å². The van der Waals surface area contributed by atoms with Crippen molar-refractivity contribution in [2.45, 2.75) is 26.3 Å². The zero-order valence-corrected chi connectivity index (χ0v) is 6.14. The van der Waals surface area contributed by atoms with Crippen LogP contribution in [0.5, 0.6) is 0 Å². The van der Waals surface area contributed by atoms with Crippen molar-refractivity contribution in [1.82, 2.24) is 0 Å². The van der Waals surface area contributed by atoms with E-state index in [0.717, 1.165) is 0 Å². The molecule has 3 heteroatoms. The van der Waals surface area contributed by atoms with Crippen LogP contribution >= 0.6 is 0 Å². The molecule has 0 heterocycles. The number of rotatable bonds is 2. The number of hydrogen-bond donors (Lipinski definition) is 2. The predicted molar refractivity (Wildman–Crippen MR) is 36.6 cm³/mol. The van der Waals surface area contributed by atoms with E-state index in [1.807, 2.05) is 13.8 Å². The molecule has 3 nitrogen and oxygen atoms in total. The lowest BCUT2D eigenvalue weighted by molar-refractivity contribution is -0.123. The highest BCUT2D eigenvalue weighted by molar-refractivity contribution is 5.84. The molecule has 1 amide bonds. The Labute approximate surface area is 55.4 Å². The Balaban J connectivity index is 4.19. The van der Waals surface area contributed by atoms with Crippen LogP contribution in [0.1, 0.15) is 20.8 Å². The minimum Gasteiger partial charge on any atom is -0.368 e. The molecule has 0 aliphatic heterocycles. The van der Waals surface area contributed by atoms with Gasteiger partial charge in [-0.3, -0.25) is 4.79 Å². The average Bonchev–Trinajstić information content (AvgIpc) is 1.65. The monoisotopic (exact) mass is 130 g/mol. The second-order valence-electron chi connectivity index (χ2n) is 2.80. The first-order valence-electron chi connectivity index (χ1n) is 2.97. The van der Waals surface area contributed by atoms with Crippen molar-refractivity contribution in [2.75, 3.05) is 0 Å². The fourth-order valence-electron chi connectivity index (χ4n) is 0.285. The lowest BCUT2D eigenvalue weighted by atomic mass is 9.89. The van der Waals surface area contributed by atoms with Gasteiger partial charge in [-0.15, -0.1) is 0 Å². The molecule has 0 saturated carbocycles. The third-order valence-electron chi connectivity index (χ3n) is 1.73. The van der Waals surface area contributed by atoms with Gasteiger partial charge in [0.2, 0.25) is 5.91 Å². The number of carbonyl (C=O) groups is 1. The van der Waals surface area contributed by atoms with Gasteiger partial charge in [0.15, 0.2) is 0 Å². The van der Waals surface area contributed by atoms with E-state index in [1.54, 1.807) is 6.92 Å². The van der Waals surface area contributed by atoms with Crippen molar-refractivity contribution in [3.05, 3.63) is 0 Å². The molecular weight excluding hydrogens is 116 g/mol.